The van der Waals surface area contributed by atoms with Gasteiger partial charge in [-0.05, 0) is 62.4 Å². The highest BCUT2D eigenvalue weighted by molar-refractivity contribution is 9.10. The van der Waals surface area contributed by atoms with Crippen LogP contribution in [0.1, 0.15) is 29.7 Å². The molecule has 0 saturated carbocycles. The maximum Gasteiger partial charge on any atom is 0.341 e. The molecule has 0 fully saturated rings. The molecule has 4 aromatic rings. The summed E-state index contributed by atoms with van der Waals surface area (Å²) in [6.45, 7) is 5.51. The molecule has 0 saturated heterocycles. The van der Waals surface area contributed by atoms with E-state index in [9.17, 15) is 9.59 Å². The predicted octanol–water partition coefficient (Wildman–Crippen LogP) is 4.47. The Kier molecular flexibility index (Phi) is 6.65. The van der Waals surface area contributed by atoms with Gasteiger partial charge in [0.2, 0.25) is 0 Å². The van der Waals surface area contributed by atoms with Crippen molar-refractivity contribution in [3.63, 3.8) is 0 Å². The van der Waals surface area contributed by atoms with Gasteiger partial charge < -0.3 is 14.4 Å². The fraction of sp³-hybridized carbons (Fsp3) is 0.200. The lowest BCUT2D eigenvalue weighted by molar-refractivity contribution is -0.139. The number of fused-ring (bicyclic) bond motifs is 1. The lowest BCUT2D eigenvalue weighted by Crippen LogP contribution is -2.22. The normalized spacial score (nSPS) is 11.4. The van der Waals surface area contributed by atoms with Gasteiger partial charge in [0.1, 0.15) is 11.6 Å². The Morgan fingerprint density at radius 2 is 1.91 bits per heavy atom. The molecular weight excluding hydrogens is 500 g/mol. The average molecular weight is 523 g/mol. The molecule has 4 rings (SSSR count). The molecule has 0 amide bonds. The Morgan fingerprint density at radius 1 is 1.18 bits per heavy atom. The van der Waals surface area contributed by atoms with Gasteiger partial charge in [-0.1, -0.05) is 22.9 Å². The molecule has 34 heavy (non-hydrogen) atoms. The Morgan fingerprint density at radius 3 is 2.59 bits per heavy atom. The van der Waals surface area contributed by atoms with E-state index in [1.54, 1.807) is 24.4 Å². The summed E-state index contributed by atoms with van der Waals surface area (Å²) in [5.41, 5.74) is 4.13. The van der Waals surface area contributed by atoms with Gasteiger partial charge in [-0.2, -0.15) is 9.78 Å². The summed E-state index contributed by atoms with van der Waals surface area (Å²) in [4.78, 5) is 28.4. The molecule has 0 aliphatic heterocycles. The van der Waals surface area contributed by atoms with Gasteiger partial charge in [-0.3, -0.25) is 4.79 Å². The molecular formula is C25H23BrN4O4. The summed E-state index contributed by atoms with van der Waals surface area (Å²) in [5, 5.41) is 13.8. The van der Waals surface area contributed by atoms with Gasteiger partial charge in [0.05, 0.1) is 17.1 Å². The monoisotopic (exact) mass is 522 g/mol. The minimum atomic E-state index is -1.02. The number of halogens is 1. The van der Waals surface area contributed by atoms with Crippen LogP contribution < -0.4 is 10.3 Å². The van der Waals surface area contributed by atoms with E-state index >= 15 is 0 Å². The molecule has 1 N–H and O–H groups in total. The first-order chi connectivity index (χ1) is 16.3. The molecule has 2 aromatic carbocycles. The maximum atomic E-state index is 13.1. The molecule has 0 radical (unpaired) electrons. The van der Waals surface area contributed by atoms with Crippen LogP contribution in [0.4, 0.5) is 0 Å². The number of rotatable bonds is 7. The lowest BCUT2D eigenvalue weighted by Gasteiger charge is -2.11. The third-order valence-corrected chi connectivity index (χ3v) is 5.92. The highest BCUT2D eigenvalue weighted by Gasteiger charge is 2.12. The van der Waals surface area contributed by atoms with E-state index in [4.69, 9.17) is 9.84 Å². The van der Waals surface area contributed by atoms with Crippen molar-refractivity contribution in [1.29, 1.82) is 0 Å². The SMILES string of the molecule is CCc1nc2ccc(Br)cc2c(=O)n1N=Cc1cc(C)n(-c2ccc(OCC(=O)O)cc2)c1C. The van der Waals surface area contributed by atoms with E-state index in [0.717, 1.165) is 27.1 Å². The molecule has 0 atom stereocenters. The molecule has 0 spiro atoms. The van der Waals surface area contributed by atoms with Crippen LogP contribution in [0.3, 0.4) is 0 Å². The smallest absolute Gasteiger partial charge is 0.341 e. The van der Waals surface area contributed by atoms with Crippen LogP contribution in [0.15, 0.2) is 62.9 Å². The van der Waals surface area contributed by atoms with Crippen LogP contribution in [0, 0.1) is 13.8 Å². The van der Waals surface area contributed by atoms with Crippen LogP contribution in [-0.2, 0) is 11.2 Å². The number of aryl methyl sites for hydroxylation is 2. The van der Waals surface area contributed by atoms with Crippen LogP contribution in [0.2, 0.25) is 0 Å². The van der Waals surface area contributed by atoms with E-state index in [-0.39, 0.29) is 12.2 Å². The molecule has 9 heteroatoms. The van der Waals surface area contributed by atoms with Crippen LogP contribution >= 0.6 is 15.9 Å². The van der Waals surface area contributed by atoms with E-state index in [1.807, 2.05) is 51.1 Å². The first-order valence-corrected chi connectivity index (χ1v) is 11.5. The second-order valence-electron chi connectivity index (χ2n) is 7.74. The van der Waals surface area contributed by atoms with Crippen molar-refractivity contribution < 1.29 is 14.6 Å². The van der Waals surface area contributed by atoms with Crippen molar-refractivity contribution in [3.05, 3.63) is 86.1 Å². The molecule has 174 valence electrons. The Hall–Kier alpha value is -3.72. The molecule has 2 heterocycles. The van der Waals surface area contributed by atoms with Gasteiger partial charge in [0, 0.05) is 33.5 Å². The van der Waals surface area contributed by atoms with Gasteiger partial charge in [-0.25, -0.2) is 9.78 Å². The molecule has 2 aromatic heterocycles. The maximum absolute atomic E-state index is 13.1. The van der Waals surface area contributed by atoms with Gasteiger partial charge in [0.25, 0.3) is 5.56 Å². The zero-order valence-electron chi connectivity index (χ0n) is 18.9. The standard InChI is InChI=1S/C25H23BrN4O4/c1-4-23-28-22-10-5-18(26)12-21(22)25(33)30(23)27-13-17-11-15(2)29(16(17)3)19-6-8-20(9-7-19)34-14-24(31)32/h5-13H,4,14H2,1-3H3,(H,31,32). The highest BCUT2D eigenvalue weighted by atomic mass is 79.9. The molecule has 0 aliphatic carbocycles. The summed E-state index contributed by atoms with van der Waals surface area (Å²) < 4.78 is 9.43. The van der Waals surface area contributed by atoms with E-state index < -0.39 is 5.97 Å². The number of ether oxygens (including phenoxy) is 1. The van der Waals surface area contributed by atoms with Crippen LogP contribution in [-0.4, -0.2) is 38.1 Å². The number of hydrogen-bond donors (Lipinski definition) is 1. The number of carboxylic acids is 1. The zero-order chi connectivity index (χ0) is 24.4. The van der Waals surface area contributed by atoms with Crippen LogP contribution in [0.25, 0.3) is 16.6 Å². The number of aliphatic carboxylic acids is 1. The zero-order valence-corrected chi connectivity index (χ0v) is 20.5. The van der Waals surface area contributed by atoms with Crippen LogP contribution in [0.5, 0.6) is 5.75 Å². The summed E-state index contributed by atoms with van der Waals surface area (Å²) >= 11 is 3.41. The first kappa shape index (κ1) is 23.4. The van der Waals surface area contributed by atoms with E-state index in [0.29, 0.717) is 28.9 Å². The second-order valence-corrected chi connectivity index (χ2v) is 8.66. The number of carbonyl (C=O) groups is 1. The topological polar surface area (TPSA) is 98.7 Å². The van der Waals surface area contributed by atoms with E-state index in [1.165, 1.54) is 4.68 Å². The predicted molar refractivity (Wildman–Crippen MR) is 134 cm³/mol. The van der Waals surface area contributed by atoms with Gasteiger partial charge >= 0.3 is 5.97 Å². The average Bonchev–Trinajstić information content (AvgIpc) is 3.10. The third kappa shape index (κ3) is 4.65. The number of carboxylic acid groups (broad SMARTS) is 1. The minimum Gasteiger partial charge on any atom is -0.482 e. The van der Waals surface area contributed by atoms with Gasteiger partial charge in [0.15, 0.2) is 6.61 Å². The van der Waals surface area contributed by atoms with Crippen molar-refractivity contribution in [2.24, 2.45) is 5.10 Å². The highest BCUT2D eigenvalue weighted by Crippen LogP contribution is 2.22. The number of nitrogens with zero attached hydrogens (tertiary/aromatic N) is 4. The summed E-state index contributed by atoms with van der Waals surface area (Å²) in [6.07, 6.45) is 2.24. The van der Waals surface area contributed by atoms with E-state index in [2.05, 4.69) is 30.6 Å². The molecule has 0 unspecified atom stereocenters. The Labute approximate surface area is 204 Å². The summed E-state index contributed by atoms with van der Waals surface area (Å²) in [5.74, 6) is 0.0452. The molecule has 8 nitrogen and oxygen atoms in total. The molecule has 0 aliphatic rings. The number of benzene rings is 2. The fourth-order valence-corrected chi connectivity index (χ4v) is 4.18. The quantitative estimate of drug-likeness (QED) is 0.361. The Balaban J connectivity index is 1.69. The van der Waals surface area contributed by atoms with Crippen molar-refractivity contribution in [2.45, 2.75) is 27.2 Å². The second kappa shape index (κ2) is 9.64. The largest absolute Gasteiger partial charge is 0.482 e. The summed E-state index contributed by atoms with van der Waals surface area (Å²) in [7, 11) is 0. The third-order valence-electron chi connectivity index (χ3n) is 5.43. The van der Waals surface area contributed by atoms with Gasteiger partial charge in [-0.15, -0.1) is 0 Å². The minimum absolute atomic E-state index is 0.217. The fourth-order valence-electron chi connectivity index (χ4n) is 3.81. The summed E-state index contributed by atoms with van der Waals surface area (Å²) in [6, 6.07) is 14.6. The van der Waals surface area contributed by atoms with Crippen molar-refractivity contribution in [2.75, 3.05) is 6.61 Å². The number of hydrogen-bond acceptors (Lipinski definition) is 5. The number of aromatic nitrogens is 3. The Bertz CT molecular complexity index is 1470. The van der Waals surface area contributed by atoms with Crippen molar-refractivity contribution in [3.8, 4) is 11.4 Å². The molecule has 0 bridgehead atoms. The van der Waals surface area contributed by atoms with Crippen molar-refractivity contribution >= 4 is 39.0 Å². The first-order valence-electron chi connectivity index (χ1n) is 10.7. The van der Waals surface area contributed by atoms with Crippen molar-refractivity contribution in [1.82, 2.24) is 14.2 Å². The lowest BCUT2D eigenvalue weighted by atomic mass is 10.2.